The van der Waals surface area contributed by atoms with Gasteiger partial charge in [-0.1, -0.05) is 54.6 Å². The molecule has 1 N–H and O–H groups in total. The van der Waals surface area contributed by atoms with Crippen LogP contribution in [0, 0.1) is 5.82 Å². The molecule has 0 spiro atoms. The van der Waals surface area contributed by atoms with Crippen molar-refractivity contribution in [3.05, 3.63) is 120 Å². The highest BCUT2D eigenvalue weighted by Crippen LogP contribution is 2.29. The molecule has 7 heteroatoms. The summed E-state index contributed by atoms with van der Waals surface area (Å²) in [5.74, 6) is 0.236. The van der Waals surface area contributed by atoms with E-state index in [1.807, 2.05) is 89.8 Å². The highest BCUT2D eigenvalue weighted by atomic mass is 35.5. The molecule has 4 rings (SSSR count). The molecule has 0 aliphatic heterocycles. The number of halogens is 2. The molecule has 0 saturated heterocycles. The number of rotatable bonds is 12. The van der Waals surface area contributed by atoms with Crippen LogP contribution in [0.3, 0.4) is 0 Å². The molecule has 4 aromatic carbocycles. The highest BCUT2D eigenvalue weighted by Gasteiger charge is 2.19. The third-order valence-electron chi connectivity index (χ3n) is 5.98. The summed E-state index contributed by atoms with van der Waals surface area (Å²) >= 11 is 0. The number of hydrogen-bond donors (Lipinski definition) is 1. The number of para-hydroxylation sites is 1. The molecule has 0 amide bonds. The summed E-state index contributed by atoms with van der Waals surface area (Å²) in [7, 11) is 1.61. The molecular weight excluding hydrogens is 505 g/mol. The molecule has 0 bridgehead atoms. The fourth-order valence-electron chi connectivity index (χ4n) is 4.08. The Morgan fingerprint density at radius 2 is 1.58 bits per heavy atom. The number of benzene rings is 4. The average molecular weight is 536 g/mol. The van der Waals surface area contributed by atoms with Gasteiger partial charge in [-0.3, -0.25) is 4.79 Å². The number of methoxy groups -OCH3 is 1. The number of carbonyl (C=O) groups excluding carboxylic acids is 1. The maximum atomic E-state index is 14.0. The first kappa shape index (κ1) is 28.7. The van der Waals surface area contributed by atoms with Crippen LogP contribution < -0.4 is 14.4 Å². The molecule has 0 saturated carbocycles. The molecule has 0 aliphatic rings. The van der Waals surface area contributed by atoms with Crippen molar-refractivity contribution in [1.29, 1.82) is 0 Å². The van der Waals surface area contributed by atoms with Gasteiger partial charge < -0.3 is 19.5 Å². The monoisotopic (exact) mass is 535 g/mol. The van der Waals surface area contributed by atoms with E-state index in [4.69, 9.17) is 9.47 Å². The molecule has 0 fully saturated rings. The number of ether oxygens (including phenoxy) is 2. The summed E-state index contributed by atoms with van der Waals surface area (Å²) in [6.07, 6.45) is -0.127. The lowest BCUT2D eigenvalue weighted by atomic mass is 10.0. The second kappa shape index (κ2) is 14.2. The number of ketones is 1. The van der Waals surface area contributed by atoms with Gasteiger partial charge in [-0.05, 0) is 54.4 Å². The first-order chi connectivity index (χ1) is 18.0. The molecule has 38 heavy (non-hydrogen) atoms. The number of aryl methyl sites for hydroxylation is 1. The van der Waals surface area contributed by atoms with E-state index in [1.54, 1.807) is 7.11 Å². The largest absolute Gasteiger partial charge is 0.497 e. The molecule has 0 aromatic heterocycles. The summed E-state index contributed by atoms with van der Waals surface area (Å²) in [5.41, 5.74) is 2.95. The van der Waals surface area contributed by atoms with Gasteiger partial charge in [-0.25, -0.2) is 4.39 Å². The van der Waals surface area contributed by atoms with Crippen molar-refractivity contribution in [3.8, 4) is 11.5 Å². The van der Waals surface area contributed by atoms with E-state index in [0.29, 0.717) is 12.2 Å². The van der Waals surface area contributed by atoms with Gasteiger partial charge in [0, 0.05) is 23.9 Å². The Kier molecular flexibility index (Phi) is 10.7. The minimum absolute atomic E-state index is 0. The Morgan fingerprint density at radius 3 is 2.29 bits per heavy atom. The van der Waals surface area contributed by atoms with Crippen LogP contribution in [0.2, 0.25) is 0 Å². The van der Waals surface area contributed by atoms with Gasteiger partial charge in [0.05, 0.1) is 19.2 Å². The van der Waals surface area contributed by atoms with Crippen molar-refractivity contribution in [2.45, 2.75) is 18.9 Å². The van der Waals surface area contributed by atoms with E-state index in [2.05, 4.69) is 0 Å². The molecule has 1 unspecified atom stereocenters. The minimum Gasteiger partial charge on any atom is -0.497 e. The topological polar surface area (TPSA) is 59.0 Å². The van der Waals surface area contributed by atoms with Crippen LogP contribution in [0.4, 0.5) is 15.8 Å². The maximum absolute atomic E-state index is 14.0. The van der Waals surface area contributed by atoms with E-state index >= 15 is 0 Å². The predicted molar refractivity (Wildman–Crippen MR) is 151 cm³/mol. The van der Waals surface area contributed by atoms with Gasteiger partial charge in [0.1, 0.15) is 30.0 Å². The van der Waals surface area contributed by atoms with Gasteiger partial charge in [-0.15, -0.1) is 12.4 Å². The Morgan fingerprint density at radius 1 is 0.895 bits per heavy atom. The van der Waals surface area contributed by atoms with E-state index in [-0.39, 0.29) is 49.1 Å². The van der Waals surface area contributed by atoms with E-state index in [1.165, 1.54) is 18.2 Å². The van der Waals surface area contributed by atoms with Crippen LogP contribution in [0.25, 0.3) is 0 Å². The Balaban J connectivity index is 0.00000400. The number of hydrogen-bond acceptors (Lipinski definition) is 5. The molecular formula is C31H31ClFNO4. The number of Topliss-reactive ketones (excluding diaryl/α,β-unsaturated/α-hetero) is 1. The fourth-order valence-corrected chi connectivity index (χ4v) is 4.08. The molecule has 0 aliphatic carbocycles. The summed E-state index contributed by atoms with van der Waals surface area (Å²) in [5, 5.41) is 10.9. The maximum Gasteiger partial charge on any atom is 0.167 e. The fraction of sp³-hybridized carbons (Fsp3) is 0.194. The normalized spacial score (nSPS) is 11.2. The molecule has 5 nitrogen and oxygen atoms in total. The van der Waals surface area contributed by atoms with Crippen molar-refractivity contribution < 1.29 is 23.8 Å². The number of anilines is 2. The first-order valence-electron chi connectivity index (χ1n) is 12.2. The number of aliphatic hydroxyl groups is 1. The zero-order valence-electron chi connectivity index (χ0n) is 21.1. The van der Waals surface area contributed by atoms with Gasteiger partial charge >= 0.3 is 0 Å². The van der Waals surface area contributed by atoms with Crippen LogP contribution in [-0.2, 0) is 6.42 Å². The average Bonchev–Trinajstić information content (AvgIpc) is 2.95. The van der Waals surface area contributed by atoms with Gasteiger partial charge in [0.2, 0.25) is 0 Å². The van der Waals surface area contributed by atoms with Crippen LogP contribution in [-0.4, -0.2) is 37.3 Å². The lowest BCUT2D eigenvalue weighted by Crippen LogP contribution is -2.33. The molecule has 4 aromatic rings. The van der Waals surface area contributed by atoms with E-state index < -0.39 is 11.9 Å². The lowest BCUT2D eigenvalue weighted by molar-refractivity contribution is 0.0960. The van der Waals surface area contributed by atoms with E-state index in [9.17, 15) is 14.3 Å². The van der Waals surface area contributed by atoms with Gasteiger partial charge in [0.25, 0.3) is 0 Å². The second-order valence-corrected chi connectivity index (χ2v) is 8.66. The summed E-state index contributed by atoms with van der Waals surface area (Å²) in [6.45, 7) is 0.160. The zero-order chi connectivity index (χ0) is 26.0. The molecule has 1 atom stereocenters. The third-order valence-corrected chi connectivity index (χ3v) is 5.98. The molecule has 198 valence electrons. The number of nitrogens with zero attached hydrogens (tertiary/aromatic N) is 1. The standard InChI is InChI=1S/C31H30FNO4.ClH/c1-36-28-14-8-13-26(20-28)33(25-11-6-3-7-12-25)21-27(34)22-37-31-18-16-24(32)19-29(31)30(35)17-15-23-9-4-2-5-10-23;/h2-14,16,18-20,27,34H,15,17,21-22H2,1H3;1H. The van der Waals surface area contributed by atoms with Gasteiger partial charge in [0.15, 0.2) is 5.78 Å². The number of carbonyl (C=O) groups is 1. The zero-order valence-corrected chi connectivity index (χ0v) is 21.9. The van der Waals surface area contributed by atoms with Gasteiger partial charge in [-0.2, -0.15) is 0 Å². The van der Waals surface area contributed by atoms with Crippen molar-refractivity contribution in [1.82, 2.24) is 0 Å². The Bertz CT molecular complexity index is 1300. The smallest absolute Gasteiger partial charge is 0.167 e. The molecule has 0 radical (unpaired) electrons. The van der Waals surface area contributed by atoms with Crippen LogP contribution in [0.15, 0.2) is 103 Å². The first-order valence-corrected chi connectivity index (χ1v) is 12.2. The SMILES string of the molecule is COc1cccc(N(CC(O)COc2ccc(F)cc2C(=O)CCc2ccccc2)c2ccccc2)c1.Cl. The molecule has 0 heterocycles. The van der Waals surface area contributed by atoms with Crippen molar-refractivity contribution in [3.63, 3.8) is 0 Å². The summed E-state index contributed by atoms with van der Waals surface area (Å²) < 4.78 is 25.2. The summed E-state index contributed by atoms with van der Waals surface area (Å²) in [4.78, 5) is 14.9. The lowest BCUT2D eigenvalue weighted by Gasteiger charge is -2.28. The second-order valence-electron chi connectivity index (χ2n) is 8.66. The van der Waals surface area contributed by atoms with Crippen molar-refractivity contribution in [2.75, 3.05) is 25.2 Å². The van der Waals surface area contributed by atoms with Crippen molar-refractivity contribution in [2.24, 2.45) is 0 Å². The quantitative estimate of drug-likeness (QED) is 0.206. The van der Waals surface area contributed by atoms with Crippen LogP contribution >= 0.6 is 12.4 Å². The highest BCUT2D eigenvalue weighted by molar-refractivity contribution is 5.98. The van der Waals surface area contributed by atoms with Crippen LogP contribution in [0.5, 0.6) is 11.5 Å². The van der Waals surface area contributed by atoms with Crippen molar-refractivity contribution >= 4 is 29.6 Å². The number of aliphatic hydroxyl groups excluding tert-OH is 1. The van der Waals surface area contributed by atoms with E-state index in [0.717, 1.165) is 16.9 Å². The Labute approximate surface area is 228 Å². The Hall–Kier alpha value is -3.87. The van der Waals surface area contributed by atoms with Crippen LogP contribution in [0.1, 0.15) is 22.3 Å². The summed E-state index contributed by atoms with van der Waals surface area (Å²) in [6, 6.07) is 30.8. The third kappa shape index (κ3) is 7.81. The minimum atomic E-state index is -0.899. The predicted octanol–water partition coefficient (Wildman–Crippen LogP) is 6.65.